The molecule has 2 heterocycles. The quantitative estimate of drug-likeness (QED) is 0.860. The van der Waals surface area contributed by atoms with Gasteiger partial charge in [0.05, 0.1) is 30.8 Å². The molecule has 1 aliphatic rings. The highest BCUT2D eigenvalue weighted by Crippen LogP contribution is 2.30. The maximum Gasteiger partial charge on any atom is 0.226 e. The normalized spacial score (nSPS) is 20.7. The van der Waals surface area contributed by atoms with E-state index >= 15 is 0 Å². The Bertz CT molecular complexity index is 679. The summed E-state index contributed by atoms with van der Waals surface area (Å²) in [6.45, 7) is 0.931. The van der Waals surface area contributed by atoms with Crippen LogP contribution in [0.2, 0.25) is 5.02 Å². The lowest BCUT2D eigenvalue weighted by atomic mass is 10.0. The number of likely N-dealkylation sites (tertiary alicyclic amines) is 1. The number of nitrogens with zero attached hydrogens (tertiary/aromatic N) is 3. The number of aromatic amines is 1. The lowest BCUT2D eigenvalue weighted by Crippen LogP contribution is -2.35. The zero-order chi connectivity index (χ0) is 16.3. The van der Waals surface area contributed by atoms with E-state index in [1.807, 2.05) is 12.1 Å². The van der Waals surface area contributed by atoms with E-state index in [1.54, 1.807) is 17.0 Å². The zero-order valence-electron chi connectivity index (χ0n) is 12.4. The van der Waals surface area contributed by atoms with E-state index in [-0.39, 0.29) is 25.5 Å². The van der Waals surface area contributed by atoms with Crippen LogP contribution in [0.4, 0.5) is 0 Å². The van der Waals surface area contributed by atoms with Crippen molar-refractivity contribution >= 4 is 17.5 Å². The number of β-amino-alcohol motifs (C(OH)–C–C–N with tert-alkyl or cyclic N) is 1. The Morgan fingerprint density at radius 3 is 3.04 bits per heavy atom. The third-order valence-electron chi connectivity index (χ3n) is 3.90. The van der Waals surface area contributed by atoms with E-state index in [0.29, 0.717) is 29.4 Å². The van der Waals surface area contributed by atoms with Crippen molar-refractivity contribution in [2.45, 2.75) is 18.4 Å². The Balaban J connectivity index is 1.51. The van der Waals surface area contributed by atoms with Crippen molar-refractivity contribution in [3.8, 4) is 5.75 Å². The molecule has 0 radical (unpaired) electrons. The topological polar surface area (TPSA) is 91.3 Å². The minimum absolute atomic E-state index is 0.0727. The van der Waals surface area contributed by atoms with Crippen LogP contribution < -0.4 is 4.74 Å². The summed E-state index contributed by atoms with van der Waals surface area (Å²) in [6.07, 6.45) is 2.14. The number of ether oxygens (including phenoxy) is 1. The Morgan fingerprint density at radius 1 is 1.48 bits per heavy atom. The molecule has 1 saturated heterocycles. The van der Waals surface area contributed by atoms with Gasteiger partial charge in [-0.3, -0.25) is 4.79 Å². The van der Waals surface area contributed by atoms with Gasteiger partial charge in [0.1, 0.15) is 17.0 Å². The molecule has 1 amide bonds. The van der Waals surface area contributed by atoms with Gasteiger partial charge in [-0.15, -0.1) is 0 Å². The van der Waals surface area contributed by atoms with E-state index in [4.69, 9.17) is 16.3 Å². The molecule has 1 aromatic heterocycles. The molecule has 1 atom stereocenters. The number of hydrogen-bond acceptors (Lipinski definition) is 5. The fourth-order valence-electron chi connectivity index (χ4n) is 2.61. The molecule has 1 aliphatic heterocycles. The third-order valence-corrected chi connectivity index (χ3v) is 4.21. The van der Waals surface area contributed by atoms with Gasteiger partial charge >= 0.3 is 0 Å². The second-order valence-corrected chi connectivity index (χ2v) is 5.89. The highest BCUT2D eigenvalue weighted by molar-refractivity contribution is 6.32. The first-order valence-corrected chi connectivity index (χ1v) is 7.70. The van der Waals surface area contributed by atoms with Crippen LogP contribution in [-0.2, 0) is 10.4 Å². The number of halogens is 1. The largest absolute Gasteiger partial charge is 0.491 e. The van der Waals surface area contributed by atoms with Gasteiger partial charge in [-0.25, -0.2) is 0 Å². The molecule has 0 saturated carbocycles. The summed E-state index contributed by atoms with van der Waals surface area (Å²) in [4.78, 5) is 13.9. The van der Waals surface area contributed by atoms with Crippen LogP contribution in [0.5, 0.6) is 5.75 Å². The third kappa shape index (κ3) is 3.46. The first kappa shape index (κ1) is 15.8. The van der Waals surface area contributed by atoms with Crippen molar-refractivity contribution in [2.75, 3.05) is 19.7 Å². The number of amides is 1. The van der Waals surface area contributed by atoms with Crippen molar-refractivity contribution < 1.29 is 14.6 Å². The predicted octanol–water partition coefficient (Wildman–Crippen LogP) is 1.35. The van der Waals surface area contributed by atoms with Crippen molar-refractivity contribution in [3.05, 3.63) is 41.2 Å². The van der Waals surface area contributed by atoms with E-state index in [0.717, 1.165) is 0 Å². The number of hydrogen-bond donors (Lipinski definition) is 2. The summed E-state index contributed by atoms with van der Waals surface area (Å²) >= 11 is 5.99. The maximum absolute atomic E-state index is 12.2. The number of nitrogens with one attached hydrogen (secondary N) is 1. The lowest BCUT2D eigenvalue weighted by molar-refractivity contribution is -0.131. The number of benzene rings is 1. The van der Waals surface area contributed by atoms with Crippen LogP contribution in [0, 0.1) is 0 Å². The van der Waals surface area contributed by atoms with Crippen molar-refractivity contribution in [1.82, 2.24) is 20.3 Å². The highest BCUT2D eigenvalue weighted by atomic mass is 35.5. The number of para-hydroxylation sites is 1. The molecule has 0 bridgehead atoms. The summed E-state index contributed by atoms with van der Waals surface area (Å²) in [5.41, 5.74) is -0.674. The second kappa shape index (κ2) is 6.55. The van der Waals surface area contributed by atoms with Crippen LogP contribution in [0.1, 0.15) is 18.5 Å². The number of aliphatic hydroxyl groups is 1. The maximum atomic E-state index is 12.2. The Kier molecular flexibility index (Phi) is 4.49. The van der Waals surface area contributed by atoms with E-state index in [2.05, 4.69) is 15.4 Å². The average Bonchev–Trinajstić information content (AvgIpc) is 3.19. The number of rotatable bonds is 5. The zero-order valence-corrected chi connectivity index (χ0v) is 13.2. The molecule has 0 aliphatic carbocycles. The fraction of sp³-hybridized carbons (Fsp3) is 0.400. The molecule has 2 N–H and O–H groups in total. The van der Waals surface area contributed by atoms with Crippen LogP contribution in [0.3, 0.4) is 0 Å². The Hall–Kier alpha value is -2.12. The molecule has 1 unspecified atom stereocenters. The molecule has 23 heavy (non-hydrogen) atoms. The SMILES string of the molecule is O=C(CCOc1ccccc1Cl)N1CCC(O)(c2cn[nH]n2)C1. The van der Waals surface area contributed by atoms with Crippen LogP contribution in [-0.4, -0.2) is 51.0 Å². The number of carbonyl (C=O) groups is 1. The van der Waals surface area contributed by atoms with Gasteiger partial charge in [0.25, 0.3) is 0 Å². The van der Waals surface area contributed by atoms with Crippen LogP contribution in [0.15, 0.2) is 30.5 Å². The van der Waals surface area contributed by atoms with E-state index in [1.165, 1.54) is 6.20 Å². The van der Waals surface area contributed by atoms with Crippen molar-refractivity contribution in [2.24, 2.45) is 0 Å². The van der Waals surface area contributed by atoms with Crippen LogP contribution >= 0.6 is 11.6 Å². The summed E-state index contributed by atoms with van der Waals surface area (Å²) in [7, 11) is 0. The molecule has 3 rings (SSSR count). The smallest absolute Gasteiger partial charge is 0.226 e. The van der Waals surface area contributed by atoms with Gasteiger partial charge in [-0.05, 0) is 12.1 Å². The number of H-pyrrole nitrogens is 1. The van der Waals surface area contributed by atoms with E-state index < -0.39 is 5.60 Å². The highest BCUT2D eigenvalue weighted by Gasteiger charge is 2.41. The summed E-state index contributed by atoms with van der Waals surface area (Å²) < 4.78 is 5.52. The molecule has 2 aromatic rings. The van der Waals surface area contributed by atoms with Gasteiger partial charge in [0, 0.05) is 13.0 Å². The fourth-order valence-corrected chi connectivity index (χ4v) is 2.80. The second-order valence-electron chi connectivity index (χ2n) is 5.48. The predicted molar refractivity (Wildman–Crippen MR) is 83.0 cm³/mol. The molecule has 7 nitrogen and oxygen atoms in total. The van der Waals surface area contributed by atoms with E-state index in [9.17, 15) is 9.90 Å². The Morgan fingerprint density at radius 2 is 2.30 bits per heavy atom. The summed E-state index contributed by atoms with van der Waals surface area (Å²) in [5, 5.41) is 21.2. The van der Waals surface area contributed by atoms with Gasteiger partial charge in [-0.1, -0.05) is 23.7 Å². The van der Waals surface area contributed by atoms with Crippen molar-refractivity contribution in [3.63, 3.8) is 0 Å². The van der Waals surface area contributed by atoms with Gasteiger partial charge in [0.2, 0.25) is 5.91 Å². The minimum atomic E-state index is -1.13. The van der Waals surface area contributed by atoms with Gasteiger partial charge in [-0.2, -0.15) is 15.4 Å². The van der Waals surface area contributed by atoms with Crippen LogP contribution in [0.25, 0.3) is 0 Å². The molecule has 122 valence electrons. The number of carbonyl (C=O) groups excluding carboxylic acids is 1. The van der Waals surface area contributed by atoms with Gasteiger partial charge in [0.15, 0.2) is 0 Å². The molecular formula is C15H17ClN4O3. The number of aromatic nitrogens is 3. The Labute approximate surface area is 138 Å². The average molecular weight is 337 g/mol. The summed E-state index contributed by atoms with van der Waals surface area (Å²) in [6, 6.07) is 7.13. The minimum Gasteiger partial charge on any atom is -0.491 e. The monoisotopic (exact) mass is 336 g/mol. The molecular weight excluding hydrogens is 320 g/mol. The molecule has 0 spiro atoms. The first-order valence-electron chi connectivity index (χ1n) is 7.32. The first-order chi connectivity index (χ1) is 11.1. The molecule has 1 aromatic carbocycles. The molecule has 1 fully saturated rings. The van der Waals surface area contributed by atoms with Crippen molar-refractivity contribution in [1.29, 1.82) is 0 Å². The standard InChI is InChI=1S/C15H17ClN4O3/c16-11-3-1-2-4-12(11)23-8-5-14(21)20-7-6-15(22,10-20)13-9-17-19-18-13/h1-4,9,22H,5-8,10H2,(H,17,18,19). The van der Waals surface area contributed by atoms with Gasteiger partial charge < -0.3 is 14.7 Å². The molecule has 8 heteroatoms. The summed E-state index contributed by atoms with van der Waals surface area (Å²) in [5.74, 6) is 0.485. The lowest BCUT2D eigenvalue weighted by Gasteiger charge is -2.21.